The predicted octanol–water partition coefficient (Wildman–Crippen LogP) is 2.45. The summed E-state index contributed by atoms with van der Waals surface area (Å²) in [6.07, 6.45) is -0.512. The Labute approximate surface area is 179 Å². The maximum absolute atomic E-state index is 12.0. The third-order valence-corrected chi connectivity index (χ3v) is 7.23. The van der Waals surface area contributed by atoms with Crippen LogP contribution in [-0.4, -0.2) is 73.1 Å². The number of hydrogen-bond acceptors (Lipinski definition) is 6. The van der Waals surface area contributed by atoms with Gasteiger partial charge >= 0.3 is 12.1 Å². The van der Waals surface area contributed by atoms with E-state index >= 15 is 0 Å². The summed E-state index contributed by atoms with van der Waals surface area (Å²) in [4.78, 5) is 13.1. The maximum atomic E-state index is 12.0. The minimum atomic E-state index is -5.08. The van der Waals surface area contributed by atoms with Crippen LogP contribution >= 0.6 is 0 Å². The van der Waals surface area contributed by atoms with Crippen LogP contribution in [0.5, 0.6) is 0 Å². The van der Waals surface area contributed by atoms with E-state index in [1.165, 1.54) is 0 Å². The van der Waals surface area contributed by atoms with E-state index < -0.39 is 22.2 Å². The second-order valence-electron chi connectivity index (χ2n) is 7.58. The number of carboxylic acid groups (broad SMARTS) is 1. The number of aliphatic carboxylic acids is 1. The van der Waals surface area contributed by atoms with Crippen LogP contribution in [0.15, 0.2) is 24.4 Å². The Balaban J connectivity index is 0.000000423. The molecule has 31 heavy (non-hydrogen) atoms. The van der Waals surface area contributed by atoms with E-state index in [1.54, 1.807) is 17.4 Å². The summed E-state index contributed by atoms with van der Waals surface area (Å²) in [6, 6.07) is 5.78. The van der Waals surface area contributed by atoms with Gasteiger partial charge in [0.25, 0.3) is 0 Å². The van der Waals surface area contributed by atoms with E-state index in [0.717, 1.165) is 25.0 Å². The van der Waals surface area contributed by atoms with Gasteiger partial charge in [-0.25, -0.2) is 17.5 Å². The molecule has 0 bridgehead atoms. The number of alkyl halides is 3. The first-order valence-electron chi connectivity index (χ1n) is 9.85. The largest absolute Gasteiger partial charge is 0.490 e. The lowest BCUT2D eigenvalue weighted by Crippen LogP contribution is -2.44. The second-order valence-corrected chi connectivity index (χ2v) is 9.83. The molecule has 1 atom stereocenters. The summed E-state index contributed by atoms with van der Waals surface area (Å²) >= 11 is 0. The highest BCUT2D eigenvalue weighted by atomic mass is 32.2. The Morgan fingerprint density at radius 3 is 2.52 bits per heavy atom. The van der Waals surface area contributed by atoms with Crippen LogP contribution in [0.3, 0.4) is 0 Å². The van der Waals surface area contributed by atoms with Crippen LogP contribution in [0.2, 0.25) is 0 Å². The number of piperidine rings is 1. The van der Waals surface area contributed by atoms with Gasteiger partial charge < -0.3 is 14.6 Å². The molecule has 12 heteroatoms. The summed E-state index contributed by atoms with van der Waals surface area (Å²) in [6.45, 7) is 4.70. The van der Waals surface area contributed by atoms with E-state index in [-0.39, 0.29) is 17.3 Å². The van der Waals surface area contributed by atoms with Gasteiger partial charge in [-0.3, -0.25) is 4.98 Å². The van der Waals surface area contributed by atoms with Gasteiger partial charge in [-0.05, 0) is 43.7 Å². The van der Waals surface area contributed by atoms with Crippen LogP contribution < -0.4 is 0 Å². The van der Waals surface area contributed by atoms with Gasteiger partial charge in [-0.15, -0.1) is 0 Å². The van der Waals surface area contributed by atoms with Crippen molar-refractivity contribution >= 4 is 16.0 Å². The number of ether oxygens (including phenoxy) is 2. The third kappa shape index (κ3) is 7.70. The highest BCUT2D eigenvalue weighted by Crippen LogP contribution is 2.42. The van der Waals surface area contributed by atoms with Crippen molar-refractivity contribution in [3.8, 4) is 0 Å². The second kappa shape index (κ2) is 10.7. The van der Waals surface area contributed by atoms with Gasteiger partial charge in [-0.2, -0.15) is 13.2 Å². The average Bonchev–Trinajstić information content (AvgIpc) is 3.11. The first-order chi connectivity index (χ1) is 14.5. The summed E-state index contributed by atoms with van der Waals surface area (Å²) in [5, 5.41) is 7.12. The van der Waals surface area contributed by atoms with Crippen LogP contribution in [0.4, 0.5) is 13.2 Å². The van der Waals surface area contributed by atoms with Crippen molar-refractivity contribution < 1.29 is 41.0 Å². The van der Waals surface area contributed by atoms with E-state index in [9.17, 15) is 21.6 Å². The number of carbonyl (C=O) groups is 1. The first kappa shape index (κ1) is 25.5. The molecule has 2 saturated heterocycles. The first-order valence-corrected chi connectivity index (χ1v) is 11.5. The smallest absolute Gasteiger partial charge is 0.475 e. The lowest BCUT2D eigenvalue weighted by Gasteiger charge is -2.37. The molecule has 1 aromatic heterocycles. The normalized spacial score (nSPS) is 21.5. The van der Waals surface area contributed by atoms with Crippen molar-refractivity contribution in [1.82, 2.24) is 9.29 Å². The fourth-order valence-electron chi connectivity index (χ4n) is 3.55. The molecule has 0 amide bonds. The van der Waals surface area contributed by atoms with Crippen LogP contribution in [0, 0.1) is 5.41 Å². The Kier molecular flexibility index (Phi) is 8.81. The minimum absolute atomic E-state index is 0.100. The maximum Gasteiger partial charge on any atom is 0.490 e. The standard InChI is InChI=1S/C17H26N2O4S.C2HF3O2/c1-2-24(20,21)19-9-6-17(7-10-19)11-16(23-14-17)13-22-12-15-5-3-4-8-18-15;3-2(4,5)1(6)7/h3-5,8,16H,2,6-7,9-14H2,1H3;(H,6,7). The Morgan fingerprint density at radius 2 is 2.00 bits per heavy atom. The van der Waals surface area contributed by atoms with Crippen molar-refractivity contribution in [2.75, 3.05) is 32.1 Å². The van der Waals surface area contributed by atoms with E-state index in [4.69, 9.17) is 19.4 Å². The van der Waals surface area contributed by atoms with Crippen molar-refractivity contribution in [3.63, 3.8) is 0 Å². The van der Waals surface area contributed by atoms with Crippen molar-refractivity contribution in [1.29, 1.82) is 0 Å². The van der Waals surface area contributed by atoms with Gasteiger partial charge in [0.2, 0.25) is 10.0 Å². The molecule has 176 valence electrons. The molecular weight excluding hydrogens is 441 g/mol. The molecule has 1 aromatic rings. The van der Waals surface area contributed by atoms with Crippen LogP contribution in [-0.2, 0) is 30.9 Å². The Morgan fingerprint density at radius 1 is 1.35 bits per heavy atom. The summed E-state index contributed by atoms with van der Waals surface area (Å²) in [5.74, 6) is -2.58. The SMILES string of the molecule is CCS(=O)(=O)N1CCC2(CC1)COC(COCc1ccccn1)C2.O=C(O)C(F)(F)F. The molecule has 0 radical (unpaired) electrons. The van der Waals surface area contributed by atoms with Crippen molar-refractivity contribution in [2.45, 2.75) is 45.1 Å². The van der Waals surface area contributed by atoms with Gasteiger partial charge in [0.1, 0.15) is 0 Å². The summed E-state index contributed by atoms with van der Waals surface area (Å²) < 4.78 is 69.0. The molecule has 0 aliphatic carbocycles. The molecule has 1 N–H and O–H groups in total. The molecule has 1 spiro atoms. The number of carboxylic acids is 1. The van der Waals surface area contributed by atoms with Gasteiger partial charge in [0.15, 0.2) is 0 Å². The number of halogens is 3. The molecule has 0 saturated carbocycles. The molecule has 2 aliphatic rings. The number of aromatic nitrogens is 1. The highest BCUT2D eigenvalue weighted by molar-refractivity contribution is 7.89. The number of nitrogens with zero attached hydrogens (tertiary/aromatic N) is 2. The predicted molar refractivity (Wildman–Crippen MR) is 105 cm³/mol. The minimum Gasteiger partial charge on any atom is -0.475 e. The zero-order valence-corrected chi connectivity index (χ0v) is 18.0. The quantitative estimate of drug-likeness (QED) is 0.684. The van der Waals surface area contributed by atoms with E-state index in [1.807, 2.05) is 18.2 Å². The molecule has 8 nitrogen and oxygen atoms in total. The van der Waals surface area contributed by atoms with Crippen molar-refractivity contribution in [3.05, 3.63) is 30.1 Å². The molecule has 3 rings (SSSR count). The fourth-order valence-corrected chi connectivity index (χ4v) is 4.65. The molecule has 2 fully saturated rings. The topological polar surface area (TPSA) is 106 Å². The fraction of sp³-hybridized carbons (Fsp3) is 0.684. The zero-order chi connectivity index (χ0) is 23.1. The molecule has 3 heterocycles. The van der Waals surface area contributed by atoms with Crippen LogP contribution in [0.25, 0.3) is 0 Å². The third-order valence-electron chi connectivity index (χ3n) is 5.35. The summed E-state index contributed by atoms with van der Waals surface area (Å²) in [5.41, 5.74) is 1.04. The lowest BCUT2D eigenvalue weighted by molar-refractivity contribution is -0.192. The molecular formula is C19H27F3N2O6S. The lowest BCUT2D eigenvalue weighted by atomic mass is 9.77. The number of sulfonamides is 1. The van der Waals surface area contributed by atoms with E-state index in [0.29, 0.717) is 32.9 Å². The van der Waals surface area contributed by atoms with Crippen molar-refractivity contribution in [2.24, 2.45) is 5.41 Å². The van der Waals surface area contributed by atoms with E-state index in [2.05, 4.69) is 4.98 Å². The van der Waals surface area contributed by atoms with Gasteiger partial charge in [0.05, 0.1) is 37.4 Å². The molecule has 0 aromatic carbocycles. The Hall–Kier alpha value is -1.76. The molecule has 1 unspecified atom stereocenters. The highest BCUT2D eigenvalue weighted by Gasteiger charge is 2.44. The van der Waals surface area contributed by atoms with Crippen LogP contribution in [0.1, 0.15) is 31.9 Å². The zero-order valence-electron chi connectivity index (χ0n) is 17.2. The van der Waals surface area contributed by atoms with Gasteiger partial charge in [0, 0.05) is 19.3 Å². The average molecular weight is 468 g/mol. The number of pyridine rings is 1. The molecule has 2 aliphatic heterocycles. The Bertz CT molecular complexity index is 812. The number of rotatable bonds is 6. The van der Waals surface area contributed by atoms with Gasteiger partial charge in [-0.1, -0.05) is 6.07 Å². The summed E-state index contributed by atoms with van der Waals surface area (Å²) in [7, 11) is -3.06. The monoisotopic (exact) mass is 468 g/mol. The number of hydrogen-bond donors (Lipinski definition) is 1.